The van der Waals surface area contributed by atoms with Crippen molar-refractivity contribution in [3.63, 3.8) is 0 Å². The van der Waals surface area contributed by atoms with Crippen molar-refractivity contribution in [1.82, 2.24) is 24.5 Å². The minimum absolute atomic E-state index is 0.631. The molecule has 0 spiro atoms. The number of fused-ring (bicyclic) bond motifs is 6. The first-order valence-corrected chi connectivity index (χ1v) is 19.5. The van der Waals surface area contributed by atoms with E-state index in [1.54, 1.807) is 11.3 Å². The second-order valence-corrected chi connectivity index (χ2v) is 14.9. The molecule has 6 heteroatoms. The minimum Gasteiger partial charge on any atom is -0.309 e. The zero-order valence-electron chi connectivity index (χ0n) is 30.0. The number of hydrogen-bond acceptors (Lipinski definition) is 5. The summed E-state index contributed by atoms with van der Waals surface area (Å²) < 4.78 is 3.56. The Hall–Kier alpha value is -7.28. The molecule has 56 heavy (non-hydrogen) atoms. The maximum absolute atomic E-state index is 5.05. The van der Waals surface area contributed by atoms with E-state index in [4.69, 9.17) is 19.9 Å². The van der Waals surface area contributed by atoms with Crippen LogP contribution in [0.4, 0.5) is 0 Å². The predicted octanol–water partition coefficient (Wildman–Crippen LogP) is 13.1. The van der Waals surface area contributed by atoms with E-state index in [0.717, 1.165) is 60.4 Å². The maximum atomic E-state index is 5.05. The number of thiazole rings is 1. The number of nitrogens with zero attached hydrogens (tertiary/aromatic N) is 5. The molecule has 0 bridgehead atoms. The third-order valence-corrected chi connectivity index (χ3v) is 11.6. The van der Waals surface area contributed by atoms with Gasteiger partial charge >= 0.3 is 0 Å². The van der Waals surface area contributed by atoms with Crippen LogP contribution in [0.3, 0.4) is 0 Å². The normalized spacial score (nSPS) is 11.6. The van der Waals surface area contributed by atoms with Gasteiger partial charge in [-0.05, 0) is 59.0 Å². The molecule has 5 nitrogen and oxygen atoms in total. The summed E-state index contributed by atoms with van der Waals surface area (Å²) in [6.45, 7) is 0. The highest BCUT2D eigenvalue weighted by molar-refractivity contribution is 7.22. The van der Waals surface area contributed by atoms with Crippen LogP contribution in [0.15, 0.2) is 188 Å². The van der Waals surface area contributed by atoms with Gasteiger partial charge in [-0.1, -0.05) is 146 Å². The smallest absolute Gasteiger partial charge is 0.164 e. The van der Waals surface area contributed by atoms with Crippen molar-refractivity contribution >= 4 is 54.1 Å². The Morgan fingerprint density at radius 2 is 0.893 bits per heavy atom. The van der Waals surface area contributed by atoms with E-state index in [1.165, 1.54) is 26.4 Å². The summed E-state index contributed by atoms with van der Waals surface area (Å²) >= 11 is 1.76. The topological polar surface area (TPSA) is 56.5 Å². The molecule has 11 aromatic rings. The van der Waals surface area contributed by atoms with Gasteiger partial charge in [0.15, 0.2) is 17.5 Å². The highest BCUT2D eigenvalue weighted by Gasteiger charge is 2.18. The summed E-state index contributed by atoms with van der Waals surface area (Å²) in [5, 5.41) is 5.81. The first kappa shape index (κ1) is 32.2. The molecule has 0 aliphatic rings. The highest BCUT2D eigenvalue weighted by Crippen LogP contribution is 2.40. The Bertz CT molecular complexity index is 3170. The summed E-state index contributed by atoms with van der Waals surface area (Å²) in [6.07, 6.45) is 0. The lowest BCUT2D eigenvalue weighted by molar-refractivity contribution is 1.07. The van der Waals surface area contributed by atoms with E-state index in [2.05, 4.69) is 126 Å². The van der Waals surface area contributed by atoms with E-state index < -0.39 is 0 Å². The molecular weight excluding hydrogens is 703 g/mol. The quantitative estimate of drug-likeness (QED) is 0.171. The summed E-state index contributed by atoms with van der Waals surface area (Å²) in [7, 11) is 0. The molecule has 0 N–H and O–H groups in total. The average molecular weight is 734 g/mol. The molecule has 0 aliphatic heterocycles. The Morgan fingerprint density at radius 3 is 1.55 bits per heavy atom. The van der Waals surface area contributed by atoms with Crippen LogP contribution < -0.4 is 0 Å². The molecule has 0 aliphatic carbocycles. The summed E-state index contributed by atoms with van der Waals surface area (Å²) in [4.78, 5) is 20.0. The van der Waals surface area contributed by atoms with Gasteiger partial charge in [-0.25, -0.2) is 19.9 Å². The lowest BCUT2D eigenvalue weighted by Crippen LogP contribution is -2.00. The monoisotopic (exact) mass is 733 g/mol. The maximum Gasteiger partial charge on any atom is 0.164 e. The van der Waals surface area contributed by atoms with Crippen molar-refractivity contribution in [2.45, 2.75) is 0 Å². The van der Waals surface area contributed by atoms with Crippen molar-refractivity contribution in [2.24, 2.45) is 0 Å². The number of para-hydroxylation sites is 1. The van der Waals surface area contributed by atoms with Crippen molar-refractivity contribution in [3.8, 4) is 61.5 Å². The fourth-order valence-corrected chi connectivity index (χ4v) is 8.82. The van der Waals surface area contributed by atoms with Crippen LogP contribution in [0.5, 0.6) is 0 Å². The molecule has 8 aromatic carbocycles. The fourth-order valence-electron chi connectivity index (χ4n) is 7.72. The zero-order chi connectivity index (χ0) is 37.0. The standard InChI is InChI=1S/C50H31N5S/c1-5-13-33(14-6-1)47-52-48(34-15-7-2-8-16-34)54-49(53-47)38-23-26-40-42-30-37(25-28-44(42)55(45(40)31-38)39-19-11-4-12-20-39)36-22-21-32-24-27-43-46(41(32)29-36)56-50(51-43)35-17-9-3-10-18-35/h1-31H. The van der Waals surface area contributed by atoms with Crippen LogP contribution in [0.2, 0.25) is 0 Å². The van der Waals surface area contributed by atoms with Gasteiger partial charge in [0, 0.05) is 44.1 Å². The van der Waals surface area contributed by atoms with E-state index in [1.807, 2.05) is 66.7 Å². The SMILES string of the molecule is c1ccc(-c2nc(-c3ccccc3)nc(-c3ccc4c5cc(-c6ccc7ccc8nc(-c9ccccc9)sc8c7c6)ccc5n(-c5ccccc5)c4c3)n2)cc1. The van der Waals surface area contributed by atoms with Gasteiger partial charge in [-0.2, -0.15) is 0 Å². The van der Waals surface area contributed by atoms with Gasteiger partial charge < -0.3 is 4.57 Å². The van der Waals surface area contributed by atoms with Crippen LogP contribution in [-0.4, -0.2) is 24.5 Å². The van der Waals surface area contributed by atoms with Crippen LogP contribution in [0.1, 0.15) is 0 Å². The molecule has 11 rings (SSSR count). The number of benzene rings is 8. The Labute approximate surface area is 326 Å². The van der Waals surface area contributed by atoms with Crippen LogP contribution in [0.25, 0.3) is 104 Å². The van der Waals surface area contributed by atoms with Gasteiger partial charge in [0.1, 0.15) is 5.01 Å². The molecule has 0 fully saturated rings. The van der Waals surface area contributed by atoms with Crippen LogP contribution in [0, 0.1) is 0 Å². The summed E-state index contributed by atoms with van der Waals surface area (Å²) in [6, 6.07) is 65.8. The average Bonchev–Trinajstić information content (AvgIpc) is 3.87. The first-order chi connectivity index (χ1) is 27.7. The predicted molar refractivity (Wildman–Crippen MR) is 232 cm³/mol. The van der Waals surface area contributed by atoms with E-state index in [9.17, 15) is 0 Å². The van der Waals surface area contributed by atoms with Gasteiger partial charge in [0.05, 0.1) is 21.3 Å². The third-order valence-electron chi connectivity index (χ3n) is 10.5. The van der Waals surface area contributed by atoms with Gasteiger partial charge in [-0.3, -0.25) is 0 Å². The van der Waals surface area contributed by atoms with Gasteiger partial charge in [0.2, 0.25) is 0 Å². The van der Waals surface area contributed by atoms with Crippen molar-refractivity contribution in [3.05, 3.63) is 188 Å². The minimum atomic E-state index is 0.631. The molecule has 0 saturated heterocycles. The molecule has 0 saturated carbocycles. The van der Waals surface area contributed by atoms with Gasteiger partial charge in [-0.15, -0.1) is 11.3 Å². The molecule has 262 valence electrons. The summed E-state index contributed by atoms with van der Waals surface area (Å²) in [5.41, 5.74) is 10.6. The van der Waals surface area contributed by atoms with E-state index in [-0.39, 0.29) is 0 Å². The second kappa shape index (κ2) is 13.2. The van der Waals surface area contributed by atoms with Crippen molar-refractivity contribution in [1.29, 1.82) is 0 Å². The lowest BCUT2D eigenvalue weighted by atomic mass is 9.99. The molecule has 0 atom stereocenters. The van der Waals surface area contributed by atoms with Crippen molar-refractivity contribution in [2.75, 3.05) is 0 Å². The number of aromatic nitrogens is 5. The van der Waals surface area contributed by atoms with E-state index in [0.29, 0.717) is 17.5 Å². The largest absolute Gasteiger partial charge is 0.309 e. The molecule has 0 amide bonds. The Morgan fingerprint density at radius 1 is 0.357 bits per heavy atom. The van der Waals surface area contributed by atoms with Gasteiger partial charge in [0.25, 0.3) is 0 Å². The number of rotatable bonds is 6. The van der Waals surface area contributed by atoms with Crippen LogP contribution in [-0.2, 0) is 0 Å². The Kier molecular flexibility index (Phi) is 7.60. The Balaban J connectivity index is 1.08. The molecule has 3 aromatic heterocycles. The first-order valence-electron chi connectivity index (χ1n) is 18.6. The molecule has 0 radical (unpaired) electrons. The van der Waals surface area contributed by atoms with Crippen LogP contribution >= 0.6 is 11.3 Å². The zero-order valence-corrected chi connectivity index (χ0v) is 30.9. The second-order valence-electron chi connectivity index (χ2n) is 13.9. The molecule has 0 unspecified atom stereocenters. The lowest BCUT2D eigenvalue weighted by Gasteiger charge is -2.10. The molecular formula is C50H31N5S. The van der Waals surface area contributed by atoms with E-state index >= 15 is 0 Å². The fraction of sp³-hybridized carbons (Fsp3) is 0. The summed E-state index contributed by atoms with van der Waals surface area (Å²) in [5.74, 6) is 1.92. The molecule has 3 heterocycles. The number of hydrogen-bond donors (Lipinski definition) is 0. The highest BCUT2D eigenvalue weighted by atomic mass is 32.1. The van der Waals surface area contributed by atoms with Crippen molar-refractivity contribution < 1.29 is 0 Å². The third kappa shape index (κ3) is 5.54.